The van der Waals surface area contributed by atoms with Crippen LogP contribution in [0.15, 0.2) is 30.5 Å². The average molecular weight is 285 g/mol. The van der Waals surface area contributed by atoms with Crippen molar-refractivity contribution in [1.29, 1.82) is 0 Å². The van der Waals surface area contributed by atoms with Crippen LogP contribution in [0.5, 0.6) is 0 Å². The van der Waals surface area contributed by atoms with Crippen LogP contribution in [-0.2, 0) is 19.1 Å². The maximum absolute atomic E-state index is 12.6. The molecule has 0 aliphatic heterocycles. The van der Waals surface area contributed by atoms with Crippen LogP contribution in [0.25, 0.3) is 0 Å². The molecule has 1 aromatic carbocycles. The molecule has 0 saturated heterocycles. The Kier molecular flexibility index (Phi) is 4.39. The van der Waals surface area contributed by atoms with E-state index in [1.165, 1.54) is 10.7 Å². The van der Waals surface area contributed by atoms with Crippen molar-refractivity contribution in [3.63, 3.8) is 0 Å². The molecule has 0 fully saturated rings. The van der Waals surface area contributed by atoms with Crippen molar-refractivity contribution < 1.29 is 18.3 Å². The minimum Gasteiger partial charge on any atom is -0.396 e. The van der Waals surface area contributed by atoms with Crippen LogP contribution in [0.4, 0.5) is 13.2 Å². The van der Waals surface area contributed by atoms with Crippen LogP contribution in [0.1, 0.15) is 23.2 Å². The van der Waals surface area contributed by atoms with Crippen LogP contribution >= 0.6 is 0 Å². The maximum atomic E-state index is 12.6. The molecule has 0 radical (unpaired) electrons. The number of hydrogen-bond donors (Lipinski definition) is 1. The predicted molar refractivity (Wildman–Crippen MR) is 66.0 cm³/mol. The predicted octanol–water partition coefficient (Wildman–Crippen LogP) is 2.27. The summed E-state index contributed by atoms with van der Waals surface area (Å²) in [6, 6.07) is 5.14. The highest BCUT2D eigenvalue weighted by atomic mass is 19.4. The lowest BCUT2D eigenvalue weighted by Gasteiger charge is -2.08. The zero-order valence-electron chi connectivity index (χ0n) is 10.6. The topological polar surface area (TPSA) is 50.9 Å². The Labute approximate surface area is 113 Å². The third kappa shape index (κ3) is 3.80. The molecule has 0 bridgehead atoms. The smallest absolute Gasteiger partial charge is 0.396 e. The first-order valence-electron chi connectivity index (χ1n) is 6.15. The van der Waals surface area contributed by atoms with Gasteiger partial charge in [-0.1, -0.05) is 17.3 Å². The van der Waals surface area contributed by atoms with Crippen molar-refractivity contribution in [1.82, 2.24) is 15.0 Å². The Morgan fingerprint density at radius 3 is 2.75 bits per heavy atom. The Balaban J connectivity index is 2.08. The zero-order valence-corrected chi connectivity index (χ0v) is 10.6. The lowest BCUT2D eigenvalue weighted by molar-refractivity contribution is -0.137. The molecular weight excluding hydrogens is 271 g/mol. The van der Waals surface area contributed by atoms with Gasteiger partial charge in [0, 0.05) is 12.8 Å². The molecule has 108 valence electrons. The third-order valence-corrected chi connectivity index (χ3v) is 2.78. The van der Waals surface area contributed by atoms with Crippen molar-refractivity contribution >= 4 is 0 Å². The molecule has 4 nitrogen and oxygen atoms in total. The molecule has 20 heavy (non-hydrogen) atoms. The quantitative estimate of drug-likeness (QED) is 0.917. The molecule has 0 atom stereocenters. The van der Waals surface area contributed by atoms with E-state index >= 15 is 0 Å². The van der Waals surface area contributed by atoms with Gasteiger partial charge in [-0.15, -0.1) is 5.10 Å². The normalized spacial score (nSPS) is 11.8. The van der Waals surface area contributed by atoms with Gasteiger partial charge in [0.15, 0.2) is 0 Å². The van der Waals surface area contributed by atoms with E-state index in [-0.39, 0.29) is 13.2 Å². The van der Waals surface area contributed by atoms with Gasteiger partial charge >= 0.3 is 6.18 Å². The molecule has 2 rings (SSSR count). The Bertz CT molecular complexity index is 566. The van der Waals surface area contributed by atoms with Crippen LogP contribution in [0, 0.1) is 0 Å². The first-order chi connectivity index (χ1) is 9.49. The van der Waals surface area contributed by atoms with Gasteiger partial charge in [0.25, 0.3) is 0 Å². The molecule has 0 aliphatic rings. The van der Waals surface area contributed by atoms with Gasteiger partial charge in [0.1, 0.15) is 0 Å². The lowest BCUT2D eigenvalue weighted by Crippen LogP contribution is -2.07. The number of rotatable bonds is 5. The van der Waals surface area contributed by atoms with E-state index in [9.17, 15) is 13.2 Å². The minimum atomic E-state index is -4.34. The molecule has 1 aromatic heterocycles. The van der Waals surface area contributed by atoms with Crippen molar-refractivity contribution in [2.45, 2.75) is 25.6 Å². The van der Waals surface area contributed by atoms with E-state index in [1.54, 1.807) is 12.3 Å². The van der Waals surface area contributed by atoms with Gasteiger partial charge < -0.3 is 5.11 Å². The van der Waals surface area contributed by atoms with Crippen molar-refractivity contribution in [2.24, 2.45) is 0 Å². The number of aliphatic hydroxyl groups excluding tert-OH is 1. The molecule has 0 aliphatic carbocycles. The third-order valence-electron chi connectivity index (χ3n) is 2.78. The monoisotopic (exact) mass is 285 g/mol. The van der Waals surface area contributed by atoms with E-state index in [0.29, 0.717) is 24.1 Å². The number of aromatic nitrogens is 3. The first-order valence-corrected chi connectivity index (χ1v) is 6.15. The number of aliphatic hydroxyl groups is 1. The largest absolute Gasteiger partial charge is 0.416 e. The lowest BCUT2D eigenvalue weighted by atomic mass is 10.1. The highest BCUT2D eigenvalue weighted by Crippen LogP contribution is 2.29. The molecule has 1 heterocycles. The summed E-state index contributed by atoms with van der Waals surface area (Å²) >= 11 is 0. The second kappa shape index (κ2) is 6.04. The fourth-order valence-corrected chi connectivity index (χ4v) is 1.82. The first kappa shape index (κ1) is 14.5. The van der Waals surface area contributed by atoms with Gasteiger partial charge in [0.2, 0.25) is 0 Å². The van der Waals surface area contributed by atoms with Gasteiger partial charge in [0.05, 0.1) is 17.8 Å². The molecule has 0 unspecified atom stereocenters. The fraction of sp³-hybridized carbons (Fsp3) is 0.385. The number of nitrogens with zero attached hydrogens (tertiary/aromatic N) is 3. The number of halogens is 3. The molecule has 0 spiro atoms. The summed E-state index contributed by atoms with van der Waals surface area (Å²) in [6.07, 6.45) is -1.48. The SMILES string of the molecule is OCCCc1cn(Cc2cccc(C(F)(F)F)c2)nn1. The highest BCUT2D eigenvalue weighted by molar-refractivity contribution is 5.25. The molecular formula is C13H14F3N3O. The number of alkyl halides is 3. The van der Waals surface area contributed by atoms with Crippen molar-refractivity contribution in [3.05, 3.63) is 47.3 Å². The number of hydrogen-bond acceptors (Lipinski definition) is 3. The molecule has 7 heteroatoms. The highest BCUT2D eigenvalue weighted by Gasteiger charge is 2.30. The van der Waals surface area contributed by atoms with Gasteiger partial charge in [-0.05, 0) is 30.5 Å². The van der Waals surface area contributed by atoms with E-state index in [2.05, 4.69) is 10.3 Å². The standard InChI is InChI=1S/C13H14F3N3O/c14-13(15,16)11-4-1-3-10(7-11)8-19-9-12(17-18-19)5-2-6-20/h1,3-4,7,9,20H,2,5-6,8H2. The Hall–Kier alpha value is -1.89. The van der Waals surface area contributed by atoms with Crippen LogP contribution in [0.2, 0.25) is 0 Å². The van der Waals surface area contributed by atoms with Gasteiger partial charge in [-0.3, -0.25) is 0 Å². The zero-order chi connectivity index (χ0) is 14.6. The molecule has 0 amide bonds. The summed E-state index contributed by atoms with van der Waals surface area (Å²) in [5, 5.41) is 16.5. The summed E-state index contributed by atoms with van der Waals surface area (Å²) in [6.45, 7) is 0.302. The van der Waals surface area contributed by atoms with E-state index in [1.807, 2.05) is 0 Å². The minimum absolute atomic E-state index is 0.0699. The maximum Gasteiger partial charge on any atom is 0.416 e. The number of benzene rings is 1. The van der Waals surface area contributed by atoms with Gasteiger partial charge in [-0.2, -0.15) is 13.2 Å². The number of aryl methyl sites for hydroxylation is 1. The average Bonchev–Trinajstić information content (AvgIpc) is 2.83. The summed E-state index contributed by atoms with van der Waals surface area (Å²) in [4.78, 5) is 0. The van der Waals surface area contributed by atoms with Crippen molar-refractivity contribution in [3.8, 4) is 0 Å². The summed E-state index contributed by atoms with van der Waals surface area (Å²) in [5.74, 6) is 0. The van der Waals surface area contributed by atoms with Crippen molar-refractivity contribution in [2.75, 3.05) is 6.61 Å². The fourth-order valence-electron chi connectivity index (χ4n) is 1.82. The Morgan fingerprint density at radius 2 is 2.05 bits per heavy atom. The summed E-state index contributed by atoms with van der Waals surface area (Å²) in [7, 11) is 0. The van der Waals surface area contributed by atoms with E-state index < -0.39 is 11.7 Å². The summed E-state index contributed by atoms with van der Waals surface area (Å²) in [5.41, 5.74) is 0.556. The van der Waals surface area contributed by atoms with Crippen LogP contribution in [0.3, 0.4) is 0 Å². The van der Waals surface area contributed by atoms with E-state index in [4.69, 9.17) is 5.11 Å². The van der Waals surface area contributed by atoms with Crippen LogP contribution < -0.4 is 0 Å². The van der Waals surface area contributed by atoms with E-state index in [0.717, 1.165) is 12.1 Å². The second-order valence-corrected chi connectivity index (χ2v) is 4.43. The summed E-state index contributed by atoms with van der Waals surface area (Å²) < 4.78 is 39.3. The van der Waals surface area contributed by atoms with Gasteiger partial charge in [-0.25, -0.2) is 4.68 Å². The molecule has 1 N–H and O–H groups in total. The Morgan fingerprint density at radius 1 is 1.25 bits per heavy atom. The second-order valence-electron chi connectivity index (χ2n) is 4.43. The molecule has 2 aromatic rings. The molecule has 0 saturated carbocycles. The van der Waals surface area contributed by atoms with Crippen LogP contribution in [-0.4, -0.2) is 26.7 Å².